The Kier molecular flexibility index (Phi) is 6.86. The standard InChI is InChI=1S/C28H22ClN5O3S2/c1-37-24-11-3-2-6-19(24)16-31-34-17-30-32-28(34)38-27-23-10-5-8-18-7-4-9-22(25(18)23)26(27)33-39(35,36)21-14-12-20(29)13-15-21/h2-17,26-27,33H,1H3/b31-16-/t26-,27+/m1/s1. The van der Waals surface area contributed by atoms with Crippen molar-refractivity contribution in [1.29, 1.82) is 0 Å². The first-order valence-electron chi connectivity index (χ1n) is 12.0. The van der Waals surface area contributed by atoms with Crippen molar-refractivity contribution in [3.8, 4) is 5.75 Å². The average Bonchev–Trinajstić information content (AvgIpc) is 3.51. The number of halogens is 1. The second kappa shape index (κ2) is 10.5. The zero-order valence-electron chi connectivity index (χ0n) is 20.6. The van der Waals surface area contributed by atoms with Gasteiger partial charge in [-0.15, -0.1) is 10.2 Å². The fourth-order valence-electron chi connectivity index (χ4n) is 4.73. The van der Waals surface area contributed by atoms with Crippen LogP contribution in [0.4, 0.5) is 0 Å². The van der Waals surface area contributed by atoms with Crippen LogP contribution in [0.15, 0.2) is 106 Å². The summed E-state index contributed by atoms with van der Waals surface area (Å²) < 4.78 is 36.9. The topological polar surface area (TPSA) is 98.5 Å². The van der Waals surface area contributed by atoms with Crippen LogP contribution in [0.5, 0.6) is 5.75 Å². The molecule has 5 aromatic rings. The van der Waals surface area contributed by atoms with E-state index in [2.05, 4.69) is 20.0 Å². The van der Waals surface area contributed by atoms with E-state index in [1.165, 1.54) is 30.2 Å². The van der Waals surface area contributed by atoms with Crippen LogP contribution in [0.1, 0.15) is 28.0 Å². The molecule has 0 aliphatic heterocycles. The fourth-order valence-corrected chi connectivity index (χ4v) is 7.37. The summed E-state index contributed by atoms with van der Waals surface area (Å²) in [5, 5.41) is 15.7. The second-order valence-corrected chi connectivity index (χ2v) is 12.1. The first-order chi connectivity index (χ1) is 18.9. The Hall–Kier alpha value is -3.70. The number of ether oxygens (including phenoxy) is 1. The maximum absolute atomic E-state index is 13.5. The third-order valence-electron chi connectivity index (χ3n) is 6.51. The molecular formula is C28H22ClN5O3S2. The smallest absolute Gasteiger partial charge is 0.241 e. The number of nitrogens with zero attached hydrogens (tertiary/aromatic N) is 4. The highest BCUT2D eigenvalue weighted by Gasteiger charge is 2.38. The SMILES string of the molecule is COc1ccccc1/C=N\n1cnnc1S[C@H]1c2cccc3cccc(c23)[C@H]1NS(=O)(=O)c1ccc(Cl)cc1. The Morgan fingerprint density at radius 2 is 1.74 bits per heavy atom. The van der Waals surface area contributed by atoms with Gasteiger partial charge in [-0.1, -0.05) is 71.9 Å². The lowest BCUT2D eigenvalue weighted by Crippen LogP contribution is -2.30. The Labute approximate surface area is 234 Å². The molecule has 0 fully saturated rings. The van der Waals surface area contributed by atoms with Crippen LogP contribution in [-0.4, -0.2) is 36.6 Å². The van der Waals surface area contributed by atoms with E-state index in [1.54, 1.807) is 30.1 Å². The van der Waals surface area contributed by atoms with Gasteiger partial charge in [-0.25, -0.2) is 13.1 Å². The average molecular weight is 576 g/mol. The van der Waals surface area contributed by atoms with E-state index >= 15 is 0 Å². The molecule has 1 N–H and O–H groups in total. The number of rotatable bonds is 8. The minimum absolute atomic E-state index is 0.142. The molecule has 0 bridgehead atoms. The van der Waals surface area contributed by atoms with E-state index in [-0.39, 0.29) is 10.1 Å². The van der Waals surface area contributed by atoms with Crippen molar-refractivity contribution >= 4 is 50.4 Å². The van der Waals surface area contributed by atoms with Crippen molar-refractivity contribution in [2.45, 2.75) is 21.3 Å². The number of thioether (sulfide) groups is 1. The molecule has 1 aromatic heterocycles. The maximum Gasteiger partial charge on any atom is 0.241 e. The highest BCUT2D eigenvalue weighted by molar-refractivity contribution is 7.99. The Morgan fingerprint density at radius 1 is 1.00 bits per heavy atom. The molecular weight excluding hydrogens is 554 g/mol. The van der Waals surface area contributed by atoms with Gasteiger partial charge in [0.25, 0.3) is 0 Å². The molecule has 0 unspecified atom stereocenters. The third-order valence-corrected chi connectivity index (χ3v) is 9.48. The molecule has 0 radical (unpaired) electrons. The van der Waals surface area contributed by atoms with Crippen molar-refractivity contribution in [2.24, 2.45) is 5.10 Å². The zero-order valence-corrected chi connectivity index (χ0v) is 23.0. The van der Waals surface area contributed by atoms with E-state index in [4.69, 9.17) is 16.3 Å². The lowest BCUT2D eigenvalue weighted by molar-refractivity contribution is 0.414. The third kappa shape index (κ3) is 4.92. The summed E-state index contributed by atoms with van der Waals surface area (Å²) >= 11 is 7.40. The van der Waals surface area contributed by atoms with Crippen molar-refractivity contribution < 1.29 is 13.2 Å². The molecule has 11 heteroatoms. The van der Waals surface area contributed by atoms with Gasteiger partial charge in [0, 0.05) is 10.6 Å². The number of nitrogens with one attached hydrogen (secondary N) is 1. The van der Waals surface area contributed by atoms with Crippen LogP contribution >= 0.6 is 23.4 Å². The normalized spacial score (nSPS) is 16.8. The van der Waals surface area contributed by atoms with Crippen molar-refractivity contribution in [1.82, 2.24) is 19.6 Å². The molecule has 1 aliphatic rings. The fraction of sp³-hybridized carbons (Fsp3) is 0.107. The van der Waals surface area contributed by atoms with Gasteiger partial charge in [-0.3, -0.25) is 0 Å². The number of methoxy groups -OCH3 is 1. The highest BCUT2D eigenvalue weighted by atomic mass is 35.5. The van der Waals surface area contributed by atoms with Gasteiger partial charge in [0.1, 0.15) is 12.1 Å². The lowest BCUT2D eigenvalue weighted by Gasteiger charge is -2.22. The van der Waals surface area contributed by atoms with Crippen molar-refractivity contribution in [3.05, 3.63) is 113 Å². The predicted molar refractivity (Wildman–Crippen MR) is 153 cm³/mol. The summed E-state index contributed by atoms with van der Waals surface area (Å²) in [6.45, 7) is 0. The molecule has 196 valence electrons. The van der Waals surface area contributed by atoms with Gasteiger partial charge >= 0.3 is 0 Å². The van der Waals surface area contributed by atoms with E-state index in [0.29, 0.717) is 15.9 Å². The van der Waals surface area contributed by atoms with E-state index in [1.807, 2.05) is 60.7 Å². The largest absolute Gasteiger partial charge is 0.496 e. The summed E-state index contributed by atoms with van der Waals surface area (Å²) in [6, 6.07) is 25.1. The molecule has 0 spiro atoms. The number of hydrogen-bond acceptors (Lipinski definition) is 7. The molecule has 0 amide bonds. The van der Waals surface area contributed by atoms with Gasteiger partial charge in [0.05, 0.1) is 29.5 Å². The first-order valence-corrected chi connectivity index (χ1v) is 14.7. The number of benzene rings is 4. The van der Waals surface area contributed by atoms with Gasteiger partial charge in [0.2, 0.25) is 15.2 Å². The number of sulfonamides is 1. The van der Waals surface area contributed by atoms with Crippen molar-refractivity contribution in [2.75, 3.05) is 7.11 Å². The molecule has 0 saturated carbocycles. The summed E-state index contributed by atoms with van der Waals surface area (Å²) in [5.74, 6) is 0.693. The summed E-state index contributed by atoms with van der Waals surface area (Å²) in [5.41, 5.74) is 2.72. The second-order valence-electron chi connectivity index (χ2n) is 8.83. The molecule has 2 atom stereocenters. The molecule has 6 rings (SSSR count). The van der Waals surface area contributed by atoms with Gasteiger partial charge < -0.3 is 4.74 Å². The van der Waals surface area contributed by atoms with Crippen LogP contribution < -0.4 is 9.46 Å². The molecule has 1 heterocycles. The molecule has 8 nitrogen and oxygen atoms in total. The highest BCUT2D eigenvalue weighted by Crippen LogP contribution is 2.53. The summed E-state index contributed by atoms with van der Waals surface area (Å²) in [6.07, 6.45) is 3.20. The summed E-state index contributed by atoms with van der Waals surface area (Å²) in [7, 11) is -2.25. The van der Waals surface area contributed by atoms with Crippen LogP contribution in [0, 0.1) is 0 Å². The Bertz CT molecular complexity index is 1800. The Morgan fingerprint density at radius 3 is 2.51 bits per heavy atom. The van der Waals surface area contributed by atoms with Crippen LogP contribution in [0.2, 0.25) is 5.02 Å². The van der Waals surface area contributed by atoms with E-state index in [9.17, 15) is 8.42 Å². The van der Waals surface area contributed by atoms with Gasteiger partial charge in [-0.05, 0) is 58.3 Å². The van der Waals surface area contributed by atoms with E-state index in [0.717, 1.165) is 27.5 Å². The minimum atomic E-state index is -3.86. The van der Waals surface area contributed by atoms with Crippen LogP contribution in [-0.2, 0) is 10.0 Å². The van der Waals surface area contributed by atoms with E-state index < -0.39 is 16.1 Å². The molecule has 4 aromatic carbocycles. The van der Waals surface area contributed by atoms with Crippen LogP contribution in [0.3, 0.4) is 0 Å². The van der Waals surface area contributed by atoms with Crippen LogP contribution in [0.25, 0.3) is 10.8 Å². The lowest BCUT2D eigenvalue weighted by atomic mass is 10.1. The molecule has 1 aliphatic carbocycles. The molecule has 0 saturated heterocycles. The Balaban J connectivity index is 1.37. The number of para-hydroxylation sites is 1. The summed E-state index contributed by atoms with van der Waals surface area (Å²) in [4.78, 5) is 0.142. The van der Waals surface area contributed by atoms with Crippen molar-refractivity contribution in [3.63, 3.8) is 0 Å². The monoisotopic (exact) mass is 575 g/mol. The first kappa shape index (κ1) is 25.6. The van der Waals surface area contributed by atoms with Gasteiger partial charge in [0.15, 0.2) is 0 Å². The van der Waals surface area contributed by atoms with Gasteiger partial charge in [-0.2, -0.15) is 9.78 Å². The number of hydrogen-bond donors (Lipinski definition) is 1. The predicted octanol–water partition coefficient (Wildman–Crippen LogP) is 5.84. The maximum atomic E-state index is 13.5. The number of aromatic nitrogens is 3. The minimum Gasteiger partial charge on any atom is -0.496 e. The zero-order chi connectivity index (χ0) is 27.0. The quantitative estimate of drug-likeness (QED) is 0.233. The molecule has 39 heavy (non-hydrogen) atoms.